The molecule has 0 unspecified atom stereocenters. The maximum Gasteiger partial charge on any atom is 0.331 e. The van der Waals surface area contributed by atoms with Gasteiger partial charge in [-0.3, -0.25) is 4.79 Å². The number of hydrogen-bond donors (Lipinski definition) is 1. The number of halogens is 1. The summed E-state index contributed by atoms with van der Waals surface area (Å²) in [4.78, 5) is 23.9. The molecule has 1 aromatic carbocycles. The Morgan fingerprint density at radius 3 is 2.50 bits per heavy atom. The van der Waals surface area contributed by atoms with E-state index >= 15 is 0 Å². The van der Waals surface area contributed by atoms with E-state index in [2.05, 4.69) is 21.2 Å². The zero-order chi connectivity index (χ0) is 15.2. The molecule has 6 heteroatoms. The van der Waals surface area contributed by atoms with Crippen LogP contribution < -0.4 is 5.32 Å². The molecule has 0 bridgehead atoms. The predicted octanol–water partition coefficient (Wildman–Crippen LogP) is 2.41. The van der Waals surface area contributed by atoms with Crippen molar-refractivity contribution < 1.29 is 14.3 Å². The third-order valence-corrected chi connectivity index (χ3v) is 3.40. The Balaban J connectivity index is 2.89. The lowest BCUT2D eigenvalue weighted by Gasteiger charge is -2.27. The number of rotatable bonds is 5. The molecule has 0 aliphatic heterocycles. The van der Waals surface area contributed by atoms with Crippen LogP contribution in [0.15, 0.2) is 28.7 Å². The van der Waals surface area contributed by atoms with Gasteiger partial charge in [0, 0.05) is 16.5 Å². The van der Waals surface area contributed by atoms with Crippen molar-refractivity contribution in [2.75, 3.05) is 7.11 Å². The van der Waals surface area contributed by atoms with Crippen molar-refractivity contribution in [3.63, 3.8) is 0 Å². The van der Waals surface area contributed by atoms with Gasteiger partial charge in [0.1, 0.15) is 5.54 Å². The first kappa shape index (κ1) is 16.2. The normalized spacial score (nSPS) is 12.9. The molecular weight excluding hydrogens is 324 g/mol. The summed E-state index contributed by atoms with van der Waals surface area (Å²) in [5.74, 6) is -0.957. The highest BCUT2D eigenvalue weighted by Crippen LogP contribution is 2.16. The number of hydrogen-bond acceptors (Lipinski definition) is 4. The number of amides is 1. The van der Waals surface area contributed by atoms with Crippen LogP contribution in [0, 0.1) is 11.3 Å². The molecule has 106 valence electrons. The maximum absolute atomic E-state index is 12.1. The van der Waals surface area contributed by atoms with Crippen LogP contribution in [0.3, 0.4) is 0 Å². The Hall–Kier alpha value is -1.87. The van der Waals surface area contributed by atoms with Gasteiger partial charge < -0.3 is 10.1 Å². The fraction of sp³-hybridized carbons (Fsp3) is 0.357. The number of benzene rings is 1. The first-order chi connectivity index (χ1) is 9.42. The standard InChI is InChI=1S/C14H15BrN2O3/c1-14(8-3-9-16,13(19)20-2)17-12(18)10-4-6-11(15)7-5-10/h4-7H,3,8H2,1-2H3,(H,17,18)/t14-/m1/s1. The molecule has 0 saturated carbocycles. The number of nitriles is 1. The highest BCUT2D eigenvalue weighted by molar-refractivity contribution is 9.10. The molecule has 5 nitrogen and oxygen atoms in total. The van der Waals surface area contributed by atoms with Gasteiger partial charge in [-0.2, -0.15) is 5.26 Å². The molecule has 0 heterocycles. The zero-order valence-electron chi connectivity index (χ0n) is 11.3. The van der Waals surface area contributed by atoms with E-state index in [1.807, 2.05) is 6.07 Å². The Morgan fingerprint density at radius 2 is 2.00 bits per heavy atom. The molecule has 0 spiro atoms. The average Bonchev–Trinajstić information content (AvgIpc) is 2.44. The van der Waals surface area contributed by atoms with Crippen molar-refractivity contribution in [2.24, 2.45) is 0 Å². The summed E-state index contributed by atoms with van der Waals surface area (Å²) < 4.78 is 5.55. The van der Waals surface area contributed by atoms with Crippen molar-refractivity contribution in [1.82, 2.24) is 5.32 Å². The number of nitrogens with one attached hydrogen (secondary N) is 1. The molecule has 1 rings (SSSR count). The van der Waals surface area contributed by atoms with Crippen molar-refractivity contribution in [3.05, 3.63) is 34.3 Å². The molecule has 20 heavy (non-hydrogen) atoms. The maximum atomic E-state index is 12.1. The summed E-state index contributed by atoms with van der Waals surface area (Å²) in [5.41, 5.74) is -0.783. The lowest BCUT2D eigenvalue weighted by atomic mass is 9.95. The fourth-order valence-electron chi connectivity index (χ4n) is 1.67. The summed E-state index contributed by atoms with van der Waals surface area (Å²) in [6, 6.07) is 8.71. The predicted molar refractivity (Wildman–Crippen MR) is 76.9 cm³/mol. The molecule has 0 fully saturated rings. The van der Waals surface area contributed by atoms with Crippen LogP contribution in [0.5, 0.6) is 0 Å². The Labute approximate surface area is 126 Å². The molecule has 0 aliphatic rings. The van der Waals surface area contributed by atoms with Gasteiger partial charge in [-0.05, 0) is 37.6 Å². The van der Waals surface area contributed by atoms with E-state index < -0.39 is 11.5 Å². The van der Waals surface area contributed by atoms with Crippen molar-refractivity contribution in [3.8, 4) is 6.07 Å². The van der Waals surface area contributed by atoms with Crippen molar-refractivity contribution >= 4 is 27.8 Å². The Bertz CT molecular complexity index is 536. The van der Waals surface area contributed by atoms with Crippen LogP contribution in [0.25, 0.3) is 0 Å². The van der Waals surface area contributed by atoms with Gasteiger partial charge in [-0.1, -0.05) is 15.9 Å². The molecule has 0 radical (unpaired) electrons. The van der Waals surface area contributed by atoms with Crippen LogP contribution in [-0.4, -0.2) is 24.5 Å². The van der Waals surface area contributed by atoms with Gasteiger partial charge in [-0.15, -0.1) is 0 Å². The third kappa shape index (κ3) is 4.07. The topological polar surface area (TPSA) is 79.2 Å². The molecule has 0 aliphatic carbocycles. The minimum atomic E-state index is -1.21. The number of ether oxygens (including phenoxy) is 1. The number of methoxy groups -OCH3 is 1. The summed E-state index contributed by atoms with van der Waals surface area (Å²) >= 11 is 3.28. The minimum Gasteiger partial charge on any atom is -0.467 e. The zero-order valence-corrected chi connectivity index (χ0v) is 12.9. The van der Waals surface area contributed by atoms with Gasteiger partial charge >= 0.3 is 5.97 Å². The first-order valence-corrected chi connectivity index (χ1v) is 6.75. The second-order valence-electron chi connectivity index (χ2n) is 4.44. The van der Waals surface area contributed by atoms with Gasteiger partial charge in [0.15, 0.2) is 0 Å². The van der Waals surface area contributed by atoms with Crippen LogP contribution in [-0.2, 0) is 9.53 Å². The van der Waals surface area contributed by atoms with E-state index in [1.165, 1.54) is 7.11 Å². The third-order valence-electron chi connectivity index (χ3n) is 2.87. The van der Waals surface area contributed by atoms with E-state index in [0.717, 1.165) is 4.47 Å². The average molecular weight is 339 g/mol. The molecule has 1 aromatic rings. The van der Waals surface area contributed by atoms with E-state index in [4.69, 9.17) is 10.00 Å². The van der Waals surface area contributed by atoms with Crippen molar-refractivity contribution in [2.45, 2.75) is 25.3 Å². The smallest absolute Gasteiger partial charge is 0.331 e. The van der Waals surface area contributed by atoms with Gasteiger partial charge in [0.05, 0.1) is 13.2 Å². The second kappa shape index (κ2) is 7.06. The molecular formula is C14H15BrN2O3. The number of carbonyl (C=O) groups is 2. The number of esters is 1. The van der Waals surface area contributed by atoms with Crippen molar-refractivity contribution in [1.29, 1.82) is 5.26 Å². The van der Waals surface area contributed by atoms with Gasteiger partial charge in [0.25, 0.3) is 5.91 Å². The second-order valence-corrected chi connectivity index (χ2v) is 5.36. The SMILES string of the molecule is COC(=O)[C@@](C)(CCC#N)NC(=O)c1ccc(Br)cc1. The molecule has 0 saturated heterocycles. The van der Waals surface area contributed by atoms with Crippen LogP contribution in [0.2, 0.25) is 0 Å². The van der Waals surface area contributed by atoms with E-state index in [1.54, 1.807) is 31.2 Å². The summed E-state index contributed by atoms with van der Waals surface area (Å²) in [7, 11) is 1.25. The van der Waals surface area contributed by atoms with E-state index in [9.17, 15) is 9.59 Å². The number of nitrogens with zero attached hydrogens (tertiary/aromatic N) is 1. The largest absolute Gasteiger partial charge is 0.467 e. The summed E-state index contributed by atoms with van der Waals surface area (Å²) in [6.07, 6.45) is 0.338. The highest BCUT2D eigenvalue weighted by Gasteiger charge is 2.35. The minimum absolute atomic E-state index is 0.145. The summed E-state index contributed by atoms with van der Waals surface area (Å²) in [5, 5.41) is 11.3. The summed E-state index contributed by atoms with van der Waals surface area (Å²) in [6.45, 7) is 1.55. The monoisotopic (exact) mass is 338 g/mol. The fourth-order valence-corrected chi connectivity index (χ4v) is 1.94. The lowest BCUT2D eigenvalue weighted by molar-refractivity contribution is -0.147. The Morgan fingerprint density at radius 1 is 1.40 bits per heavy atom. The van der Waals surface area contributed by atoms with Gasteiger partial charge in [0.2, 0.25) is 0 Å². The lowest BCUT2D eigenvalue weighted by Crippen LogP contribution is -2.52. The van der Waals surface area contributed by atoms with Crippen LogP contribution >= 0.6 is 15.9 Å². The Kier molecular flexibility index (Phi) is 5.71. The van der Waals surface area contributed by atoms with Crippen LogP contribution in [0.4, 0.5) is 0 Å². The molecule has 1 amide bonds. The number of carbonyl (C=O) groups excluding carboxylic acids is 2. The quantitative estimate of drug-likeness (QED) is 0.836. The molecule has 0 aromatic heterocycles. The van der Waals surface area contributed by atoms with Crippen LogP contribution in [0.1, 0.15) is 30.1 Å². The highest BCUT2D eigenvalue weighted by atomic mass is 79.9. The molecule has 1 N–H and O–H groups in total. The molecule has 1 atom stereocenters. The first-order valence-electron chi connectivity index (χ1n) is 5.96. The van der Waals surface area contributed by atoms with E-state index in [-0.39, 0.29) is 18.7 Å². The van der Waals surface area contributed by atoms with Gasteiger partial charge in [-0.25, -0.2) is 4.79 Å². The van der Waals surface area contributed by atoms with E-state index in [0.29, 0.717) is 5.56 Å².